The molecule has 0 aliphatic carbocycles. The lowest BCUT2D eigenvalue weighted by atomic mass is 10.0. The molecule has 0 bridgehead atoms. The van der Waals surface area contributed by atoms with E-state index in [4.69, 9.17) is 0 Å². The number of carboxylic acids is 1. The van der Waals surface area contributed by atoms with Crippen LogP contribution in [0.5, 0.6) is 0 Å². The van der Waals surface area contributed by atoms with Gasteiger partial charge in [0.25, 0.3) is 0 Å². The first-order chi connectivity index (χ1) is 12.7. The number of hydrogen-bond donors (Lipinski definition) is 4. The Balaban J connectivity index is 1.45. The molecule has 0 amide bonds. The first-order valence-electron chi connectivity index (χ1n) is 8.48. The number of carbonyl (C=O) groups is 1. The number of pyridine rings is 1. The molecule has 0 saturated carbocycles. The first-order valence-corrected chi connectivity index (χ1v) is 8.48. The van der Waals surface area contributed by atoms with Crippen LogP contribution in [-0.2, 0) is 11.2 Å². The standard InChI is InChI=1S/C19H19N5O2/c25-19(26)17(9-12-11-21-14-6-2-1-5-13(12)14)22-18-10-16(23-24-18)15-7-3-4-8-20-15/h1-8,11,17-18,21-22,24H,9-10H2,(H,25,26). The largest absolute Gasteiger partial charge is 0.480 e. The van der Waals surface area contributed by atoms with Gasteiger partial charge in [0, 0.05) is 36.1 Å². The molecule has 0 saturated heterocycles. The number of H-pyrrole nitrogens is 1. The van der Waals surface area contributed by atoms with E-state index in [0.29, 0.717) is 12.8 Å². The second kappa shape index (κ2) is 6.97. The van der Waals surface area contributed by atoms with Crippen LogP contribution in [0.4, 0.5) is 0 Å². The zero-order valence-corrected chi connectivity index (χ0v) is 14.0. The van der Waals surface area contributed by atoms with E-state index < -0.39 is 12.0 Å². The SMILES string of the molecule is O=C(O)C(Cc1c[nH]c2ccccc12)NC1CC(c2ccccn2)=NN1. The quantitative estimate of drug-likeness (QED) is 0.544. The van der Waals surface area contributed by atoms with Crippen molar-refractivity contribution in [2.75, 3.05) is 0 Å². The van der Waals surface area contributed by atoms with Crippen molar-refractivity contribution in [1.29, 1.82) is 0 Å². The van der Waals surface area contributed by atoms with Gasteiger partial charge in [-0.2, -0.15) is 5.10 Å². The smallest absolute Gasteiger partial charge is 0.321 e. The van der Waals surface area contributed by atoms with Gasteiger partial charge in [0.15, 0.2) is 0 Å². The molecular weight excluding hydrogens is 330 g/mol. The van der Waals surface area contributed by atoms with Crippen molar-refractivity contribution in [2.45, 2.75) is 25.0 Å². The molecule has 1 aliphatic heterocycles. The van der Waals surface area contributed by atoms with Crippen LogP contribution in [0.15, 0.2) is 60.0 Å². The highest BCUT2D eigenvalue weighted by Crippen LogP contribution is 2.19. The molecule has 1 aromatic carbocycles. The summed E-state index contributed by atoms with van der Waals surface area (Å²) in [5.74, 6) is -0.886. The molecule has 0 fully saturated rings. The van der Waals surface area contributed by atoms with Crippen molar-refractivity contribution in [3.05, 3.63) is 66.1 Å². The van der Waals surface area contributed by atoms with Crippen molar-refractivity contribution in [3.63, 3.8) is 0 Å². The molecule has 26 heavy (non-hydrogen) atoms. The van der Waals surface area contributed by atoms with Crippen LogP contribution in [0, 0.1) is 0 Å². The van der Waals surface area contributed by atoms with Crippen molar-refractivity contribution in [2.24, 2.45) is 5.10 Å². The van der Waals surface area contributed by atoms with Gasteiger partial charge in [-0.3, -0.25) is 20.5 Å². The van der Waals surface area contributed by atoms with Crippen LogP contribution < -0.4 is 10.7 Å². The van der Waals surface area contributed by atoms with Gasteiger partial charge in [-0.15, -0.1) is 0 Å². The average molecular weight is 349 g/mol. The van der Waals surface area contributed by atoms with E-state index in [0.717, 1.165) is 27.9 Å². The van der Waals surface area contributed by atoms with Gasteiger partial charge in [-0.05, 0) is 23.8 Å². The maximum Gasteiger partial charge on any atom is 0.321 e. The molecule has 0 radical (unpaired) electrons. The number of hydrazone groups is 1. The average Bonchev–Trinajstić information content (AvgIpc) is 3.29. The van der Waals surface area contributed by atoms with Crippen LogP contribution >= 0.6 is 0 Å². The summed E-state index contributed by atoms with van der Waals surface area (Å²) >= 11 is 0. The Kier molecular flexibility index (Phi) is 4.37. The van der Waals surface area contributed by atoms with Crippen molar-refractivity contribution < 1.29 is 9.90 Å². The van der Waals surface area contributed by atoms with E-state index >= 15 is 0 Å². The molecule has 1 aliphatic rings. The Bertz CT molecular complexity index is 951. The van der Waals surface area contributed by atoms with E-state index in [2.05, 4.69) is 25.8 Å². The number of nitrogens with zero attached hydrogens (tertiary/aromatic N) is 2. The van der Waals surface area contributed by atoms with Crippen molar-refractivity contribution in [3.8, 4) is 0 Å². The molecule has 7 nitrogen and oxygen atoms in total. The minimum absolute atomic E-state index is 0.238. The van der Waals surface area contributed by atoms with Crippen LogP contribution in [0.2, 0.25) is 0 Å². The third-order valence-electron chi connectivity index (χ3n) is 4.51. The van der Waals surface area contributed by atoms with E-state index in [9.17, 15) is 9.90 Å². The van der Waals surface area contributed by atoms with Gasteiger partial charge in [0.05, 0.1) is 17.6 Å². The van der Waals surface area contributed by atoms with Gasteiger partial charge in [0.2, 0.25) is 0 Å². The molecular formula is C19H19N5O2. The Labute approximate surface area is 150 Å². The number of aliphatic carboxylic acids is 1. The number of carboxylic acid groups (broad SMARTS) is 1. The lowest BCUT2D eigenvalue weighted by Gasteiger charge is -2.19. The second-order valence-corrected chi connectivity index (χ2v) is 6.28. The molecule has 3 aromatic rings. The summed E-state index contributed by atoms with van der Waals surface area (Å²) in [5.41, 5.74) is 6.57. The lowest BCUT2D eigenvalue weighted by molar-refractivity contribution is -0.139. The second-order valence-electron chi connectivity index (χ2n) is 6.28. The number of nitrogens with one attached hydrogen (secondary N) is 3. The van der Waals surface area contributed by atoms with E-state index in [1.807, 2.05) is 48.7 Å². The number of rotatable bonds is 6. The molecule has 4 rings (SSSR count). The summed E-state index contributed by atoms with van der Waals surface area (Å²) < 4.78 is 0. The molecule has 3 heterocycles. The number of hydrogen-bond acceptors (Lipinski definition) is 5. The van der Waals surface area contributed by atoms with Crippen LogP contribution in [0.25, 0.3) is 10.9 Å². The third-order valence-corrected chi connectivity index (χ3v) is 4.51. The number of benzene rings is 1. The third kappa shape index (κ3) is 3.29. The Hall–Kier alpha value is -3.19. The molecule has 2 aromatic heterocycles. The fourth-order valence-corrected chi connectivity index (χ4v) is 3.21. The summed E-state index contributed by atoms with van der Waals surface area (Å²) in [6, 6.07) is 12.8. The molecule has 0 spiro atoms. The fraction of sp³-hybridized carbons (Fsp3) is 0.211. The van der Waals surface area contributed by atoms with Crippen LogP contribution in [0.1, 0.15) is 17.7 Å². The predicted octanol–water partition coefficient (Wildman–Crippen LogP) is 1.87. The van der Waals surface area contributed by atoms with Gasteiger partial charge >= 0.3 is 5.97 Å². The number of aromatic amines is 1. The van der Waals surface area contributed by atoms with E-state index in [1.165, 1.54) is 0 Å². The Morgan fingerprint density at radius 1 is 1.27 bits per heavy atom. The van der Waals surface area contributed by atoms with Gasteiger partial charge in [-0.25, -0.2) is 0 Å². The van der Waals surface area contributed by atoms with Gasteiger partial charge < -0.3 is 10.1 Å². The van der Waals surface area contributed by atoms with E-state index in [-0.39, 0.29) is 6.17 Å². The number of para-hydroxylation sites is 1. The minimum Gasteiger partial charge on any atom is -0.480 e. The molecule has 2 atom stereocenters. The van der Waals surface area contributed by atoms with Crippen LogP contribution in [-0.4, -0.2) is 39.0 Å². The summed E-state index contributed by atoms with van der Waals surface area (Å²) in [4.78, 5) is 19.2. The van der Waals surface area contributed by atoms with Gasteiger partial charge in [-0.1, -0.05) is 24.3 Å². The zero-order valence-electron chi connectivity index (χ0n) is 14.0. The highest BCUT2D eigenvalue weighted by molar-refractivity contribution is 6.00. The van der Waals surface area contributed by atoms with E-state index in [1.54, 1.807) is 6.20 Å². The molecule has 4 N–H and O–H groups in total. The summed E-state index contributed by atoms with van der Waals surface area (Å²) in [7, 11) is 0. The first kappa shape index (κ1) is 16.3. The summed E-state index contributed by atoms with van der Waals surface area (Å²) in [6.45, 7) is 0. The molecule has 132 valence electrons. The predicted molar refractivity (Wildman–Crippen MR) is 98.9 cm³/mol. The maximum absolute atomic E-state index is 11.8. The van der Waals surface area contributed by atoms with Crippen LogP contribution in [0.3, 0.4) is 0 Å². The minimum atomic E-state index is -0.886. The number of aromatic nitrogens is 2. The normalized spacial score (nSPS) is 17.7. The Morgan fingerprint density at radius 3 is 2.92 bits per heavy atom. The summed E-state index contributed by atoms with van der Waals surface area (Å²) in [6.07, 6.45) is 4.32. The highest BCUT2D eigenvalue weighted by Gasteiger charge is 2.27. The maximum atomic E-state index is 11.8. The molecule has 2 unspecified atom stereocenters. The number of fused-ring (bicyclic) bond motifs is 1. The van der Waals surface area contributed by atoms with Crippen molar-refractivity contribution >= 4 is 22.6 Å². The highest BCUT2D eigenvalue weighted by atomic mass is 16.4. The molecule has 7 heteroatoms. The zero-order chi connectivity index (χ0) is 17.9. The topological polar surface area (TPSA) is 102 Å². The fourth-order valence-electron chi connectivity index (χ4n) is 3.21. The van der Waals surface area contributed by atoms with Crippen molar-refractivity contribution in [1.82, 2.24) is 20.7 Å². The Morgan fingerprint density at radius 2 is 2.12 bits per heavy atom. The van der Waals surface area contributed by atoms with Gasteiger partial charge in [0.1, 0.15) is 6.04 Å². The summed E-state index contributed by atoms with van der Waals surface area (Å²) in [5, 5.41) is 18.1. The lowest BCUT2D eigenvalue weighted by Crippen LogP contribution is -2.48. The monoisotopic (exact) mass is 349 g/mol.